The second-order valence-electron chi connectivity index (χ2n) is 31.9. The largest absolute Gasteiger partial charge is 0.479 e. The Labute approximate surface area is 643 Å². The first-order valence-electron chi connectivity index (χ1n) is 37.4. The topological polar surface area (TPSA) is 453 Å². The molecule has 12 atom stereocenters. The lowest BCUT2D eigenvalue weighted by Crippen LogP contribution is -2.64. The lowest BCUT2D eigenvalue weighted by Gasteiger charge is -2.69. The number of pyridine rings is 1. The summed E-state index contributed by atoms with van der Waals surface area (Å²) >= 11 is 1.39. The molecule has 5 fully saturated rings. The van der Waals surface area contributed by atoms with Crippen LogP contribution in [-0.2, 0) is 81.9 Å². The van der Waals surface area contributed by atoms with E-state index in [4.69, 9.17) is 24.3 Å². The van der Waals surface area contributed by atoms with E-state index in [2.05, 4.69) is 34.8 Å². The summed E-state index contributed by atoms with van der Waals surface area (Å²) in [6, 6.07) is 19.3. The van der Waals surface area contributed by atoms with Crippen LogP contribution in [0.3, 0.4) is 0 Å². The molecule has 32 heteroatoms. The quantitative estimate of drug-likeness (QED) is 0.0264. The molecule has 3 aromatic heterocycles. The first-order chi connectivity index (χ1) is 52.7. The van der Waals surface area contributed by atoms with Gasteiger partial charge in [0, 0.05) is 73.7 Å². The number of aryl methyl sites for hydroxylation is 1. The number of aromatic carboxylic acids is 1. The minimum absolute atomic E-state index is 0.0190. The Morgan fingerprint density at radius 3 is 2.23 bits per heavy atom. The number of carboxylic acids is 2. The van der Waals surface area contributed by atoms with Gasteiger partial charge in [-0.05, 0) is 158 Å². The fraction of sp³-hybridized carbons (Fsp3) is 0.519. The highest BCUT2D eigenvalue weighted by molar-refractivity contribution is 7.22. The van der Waals surface area contributed by atoms with E-state index in [1.165, 1.54) is 23.2 Å². The number of aliphatic carboxylic acids is 1. The van der Waals surface area contributed by atoms with Crippen molar-refractivity contribution < 1.29 is 103 Å². The van der Waals surface area contributed by atoms with Gasteiger partial charge in [-0.1, -0.05) is 81.5 Å². The molecule has 6 heterocycles. The molecule has 13 rings (SSSR count). The molecule has 4 aliphatic carbocycles. The number of para-hydroxylation sites is 1. The summed E-state index contributed by atoms with van der Waals surface area (Å²) in [6.07, 6.45) is -6.66. The van der Waals surface area contributed by atoms with Crippen LogP contribution in [0, 0.1) is 29.1 Å². The lowest BCUT2D eigenvalue weighted by molar-refractivity contribution is -0.248. The molecule has 12 N–H and O–H groups in total. The normalized spacial score (nSPS) is 25.3. The van der Waals surface area contributed by atoms with Crippen molar-refractivity contribution >= 4 is 85.9 Å². The molecule has 1 saturated heterocycles. The van der Waals surface area contributed by atoms with Crippen molar-refractivity contribution in [2.24, 2.45) is 22.2 Å². The van der Waals surface area contributed by atoms with Gasteiger partial charge >= 0.3 is 18.0 Å². The van der Waals surface area contributed by atoms with E-state index in [1.807, 2.05) is 52.9 Å². The van der Waals surface area contributed by atoms with Crippen molar-refractivity contribution in [3.63, 3.8) is 0 Å². The van der Waals surface area contributed by atoms with E-state index in [9.17, 15) is 89.1 Å². The summed E-state index contributed by atoms with van der Waals surface area (Å²) in [6.45, 7) is 10.2. The summed E-state index contributed by atoms with van der Waals surface area (Å²) in [5, 5.41) is 108. The number of carboxylic acid groups (broad SMARTS) is 2. The lowest BCUT2D eigenvalue weighted by atomic mass is 9.39. The van der Waals surface area contributed by atoms with Gasteiger partial charge in [-0.3, -0.25) is 43.7 Å². The van der Waals surface area contributed by atoms with Gasteiger partial charge in [-0.25, -0.2) is 24.4 Å². The number of imide groups is 1. The SMILES string of the molecule is Cc1c(-c2ccc(N3CCc4cccc(C(=O)Nc5nc6ccccc6s5)c4C3)nc2C(=O)O)cnn1CC12CC3(C)CC(C)(C1)CC(OCCN(CC[C@@H](O)[C@H](O)[C@H](O)CO)C(=O)OCc1ccc(CC(=O)[C@H](C)NC(=O)[C@@H](NC(=O)CN4C(=O)C=CC4=O)C(C)C)cc1CC[C@@H]1O[C@H](C(=O)O)[C@@H](O)[C@H](O)[C@H]1O)(C3)C2. The number of hydrogen-bond acceptors (Lipinski definition) is 24. The number of carbonyl (C=O) groups is 9. The van der Waals surface area contributed by atoms with Crippen LogP contribution in [0.15, 0.2) is 91.1 Å². The van der Waals surface area contributed by atoms with E-state index in [1.54, 1.807) is 56.4 Å². The van der Waals surface area contributed by atoms with Gasteiger partial charge in [0.05, 0.1) is 53.5 Å². The molecule has 594 valence electrons. The Morgan fingerprint density at radius 1 is 0.802 bits per heavy atom. The number of hydrogen-bond donors (Lipinski definition) is 12. The first kappa shape index (κ1) is 81.0. The average molecular weight is 1550 g/mol. The number of aliphatic hydroxyl groups excluding tert-OH is 7. The number of rotatable bonds is 32. The fourth-order valence-electron chi connectivity index (χ4n) is 18.2. The molecule has 6 aromatic rings. The second kappa shape index (κ2) is 33.1. The van der Waals surface area contributed by atoms with Crippen LogP contribution >= 0.6 is 11.3 Å². The van der Waals surface area contributed by atoms with Crippen LogP contribution in [0.2, 0.25) is 0 Å². The van der Waals surface area contributed by atoms with Crippen molar-refractivity contribution in [2.45, 2.75) is 198 Å². The Balaban J connectivity index is 0.733. The maximum Gasteiger partial charge on any atom is 0.410 e. The van der Waals surface area contributed by atoms with Gasteiger partial charge in [0.1, 0.15) is 55.5 Å². The smallest absolute Gasteiger partial charge is 0.410 e. The molecular formula is C79H96N10O21S. The highest BCUT2D eigenvalue weighted by Gasteiger charge is 2.66. The molecule has 4 saturated carbocycles. The van der Waals surface area contributed by atoms with Gasteiger partial charge < -0.3 is 80.6 Å². The summed E-state index contributed by atoms with van der Waals surface area (Å²) in [4.78, 5) is 132. The Hall–Kier alpha value is -9.48. The standard InChI is InChI=1S/C79H96N10O21S/c1-42(2)63(84-60(94)32-88-61(95)20-21-62(88)96)71(102)81-43(3)55(92)29-45-14-15-48(47(28-45)16-18-57-66(98)67(99)68(100)69(110-57)73(105)106)34-108-75(107)86(25-23-54(91)65(97)56(93)33-90)26-27-109-79-38-76(5)35-77(6,39-79)37-78(36-76,40-79)41-89-44(4)51(30-80-89)49-17-19-59(83-64(49)72(103)104)87-24-22-46-10-9-11-50(52(46)31-87)70(101)85-74-82-53-12-7-8-13-58(53)111-74/h7-15,17,19-21,28,30,42-43,54,56-57,63,65-69,90-91,93,97-100H,16,18,22-27,29,31-41H2,1-6H3,(H,81,102)(H,84,94)(H,103,104)(H,105,106)(H,82,85,101)/t43-,54+,56+,57-,63-,65-,66-,67+,68-,69-,76?,77?,78?,79?/m0/s1. The number of amides is 6. The number of nitrogens with one attached hydrogen (secondary N) is 3. The summed E-state index contributed by atoms with van der Waals surface area (Å²) < 4.78 is 21.6. The first-order valence-corrected chi connectivity index (χ1v) is 38.2. The average Bonchev–Trinajstić information content (AvgIpc) is 0.823. The third-order valence-electron chi connectivity index (χ3n) is 22.6. The second-order valence-corrected chi connectivity index (χ2v) is 32.9. The zero-order valence-electron chi connectivity index (χ0n) is 62.6. The minimum Gasteiger partial charge on any atom is -0.479 e. The summed E-state index contributed by atoms with van der Waals surface area (Å²) in [7, 11) is 0. The Kier molecular flexibility index (Phi) is 24.1. The number of Topliss-reactive ketones (excluding diaryl/α,β-unsaturated/α-hetero) is 1. The van der Waals surface area contributed by atoms with Crippen molar-refractivity contribution in [1.29, 1.82) is 0 Å². The third kappa shape index (κ3) is 17.9. The number of ketones is 1. The highest BCUT2D eigenvalue weighted by Crippen LogP contribution is 2.72. The van der Waals surface area contributed by atoms with Crippen LogP contribution in [0.25, 0.3) is 21.3 Å². The molecule has 3 aromatic carbocycles. The van der Waals surface area contributed by atoms with Crippen molar-refractivity contribution in [3.05, 3.63) is 136 Å². The minimum atomic E-state index is -1.96. The number of nitrogens with zero attached hydrogens (tertiary/aromatic N) is 7. The molecule has 2 unspecified atom stereocenters. The van der Waals surface area contributed by atoms with Crippen molar-refractivity contribution in [3.8, 4) is 11.1 Å². The third-order valence-corrected chi connectivity index (χ3v) is 23.6. The molecule has 31 nitrogen and oxygen atoms in total. The number of thiazole rings is 1. The molecule has 7 aliphatic rings. The van der Waals surface area contributed by atoms with Gasteiger partial charge in [-0.2, -0.15) is 5.10 Å². The van der Waals surface area contributed by atoms with Crippen molar-refractivity contribution in [2.75, 3.05) is 49.6 Å². The molecule has 111 heavy (non-hydrogen) atoms. The predicted molar refractivity (Wildman–Crippen MR) is 400 cm³/mol. The van der Waals surface area contributed by atoms with E-state index in [0.717, 1.165) is 58.5 Å². The Morgan fingerprint density at radius 2 is 1.53 bits per heavy atom. The van der Waals surface area contributed by atoms with Gasteiger partial charge in [-0.15, -0.1) is 0 Å². The summed E-state index contributed by atoms with van der Waals surface area (Å²) in [5.41, 5.74) is 4.45. The van der Waals surface area contributed by atoms with Crippen LogP contribution in [0.5, 0.6) is 0 Å². The Bertz CT molecular complexity index is 4530. The number of anilines is 2. The van der Waals surface area contributed by atoms with Gasteiger partial charge in [0.2, 0.25) is 11.8 Å². The van der Waals surface area contributed by atoms with Crippen molar-refractivity contribution in [1.82, 2.24) is 40.2 Å². The van der Waals surface area contributed by atoms with Gasteiger partial charge in [0.15, 0.2) is 22.7 Å². The number of aromatic nitrogens is 4. The van der Waals surface area contributed by atoms with Gasteiger partial charge in [0.25, 0.3) is 17.7 Å². The highest BCUT2D eigenvalue weighted by atomic mass is 32.1. The van der Waals surface area contributed by atoms with Crippen LogP contribution in [0.1, 0.15) is 140 Å². The van der Waals surface area contributed by atoms with E-state index in [0.29, 0.717) is 94.5 Å². The molecule has 6 amide bonds. The maximum absolute atomic E-state index is 14.6. The summed E-state index contributed by atoms with van der Waals surface area (Å²) in [5.74, 6) is -6.56. The number of benzene rings is 3. The molecule has 0 radical (unpaired) electrons. The number of fused-ring (bicyclic) bond motifs is 2. The molecular weight excluding hydrogens is 1460 g/mol. The predicted octanol–water partition coefficient (Wildman–Crippen LogP) is 4.17. The number of ether oxygens (including phenoxy) is 3. The van der Waals surface area contributed by atoms with E-state index >= 15 is 0 Å². The van der Waals surface area contributed by atoms with Crippen LogP contribution < -0.4 is 20.9 Å². The van der Waals surface area contributed by atoms with Crippen LogP contribution in [-0.4, -0.2) is 235 Å². The molecule has 0 spiro atoms. The molecule has 3 aliphatic heterocycles. The van der Waals surface area contributed by atoms with E-state index < -0.39 is 140 Å². The zero-order chi connectivity index (χ0) is 79.8. The van der Waals surface area contributed by atoms with E-state index in [-0.39, 0.29) is 73.2 Å². The zero-order valence-corrected chi connectivity index (χ0v) is 63.4. The fourth-order valence-corrected chi connectivity index (χ4v) is 19.1. The number of carbonyl (C=O) groups excluding carboxylic acids is 7. The maximum atomic E-state index is 14.6. The number of aliphatic hydroxyl groups is 7. The monoisotopic (exact) mass is 1550 g/mol. The molecule has 4 bridgehead atoms. The van der Waals surface area contributed by atoms with Crippen LogP contribution in [0.4, 0.5) is 15.7 Å².